The molecular weight excluding hydrogens is 220 g/mol. The predicted molar refractivity (Wildman–Crippen MR) is 75.6 cm³/mol. The van der Waals surface area contributed by atoms with Gasteiger partial charge in [-0.05, 0) is 22.1 Å². The molecule has 1 unspecified atom stereocenters. The van der Waals surface area contributed by atoms with Gasteiger partial charge in [-0.2, -0.15) is 0 Å². The highest BCUT2D eigenvalue weighted by Crippen LogP contribution is 2.26. The highest BCUT2D eigenvalue weighted by Gasteiger charge is 2.15. The van der Waals surface area contributed by atoms with E-state index in [1.54, 1.807) is 0 Å². The van der Waals surface area contributed by atoms with Crippen LogP contribution in [0, 0.1) is 0 Å². The van der Waals surface area contributed by atoms with Gasteiger partial charge in [0.15, 0.2) is 0 Å². The molecule has 2 rings (SSSR count). The minimum Gasteiger partial charge on any atom is -0.384 e. The van der Waals surface area contributed by atoms with Crippen LogP contribution < -0.4 is 0 Å². The fourth-order valence-electron chi connectivity index (χ4n) is 1.99. The smallest absolute Gasteiger partial charge is 0.104 e. The van der Waals surface area contributed by atoms with Crippen LogP contribution >= 0.6 is 0 Å². The van der Waals surface area contributed by atoms with Crippen molar-refractivity contribution >= 4 is 0 Å². The second-order valence-electron chi connectivity index (χ2n) is 5.69. The van der Waals surface area contributed by atoms with Gasteiger partial charge in [0.1, 0.15) is 6.10 Å². The second kappa shape index (κ2) is 4.95. The molecule has 0 amide bonds. The molecule has 0 heterocycles. The van der Waals surface area contributed by atoms with E-state index in [4.69, 9.17) is 0 Å². The van der Waals surface area contributed by atoms with Crippen LogP contribution in [0.5, 0.6) is 0 Å². The predicted octanol–water partition coefficient (Wildman–Crippen LogP) is 4.07. The summed E-state index contributed by atoms with van der Waals surface area (Å²) in [5, 5.41) is 10.3. The van der Waals surface area contributed by atoms with Crippen LogP contribution in [-0.2, 0) is 5.41 Å². The third-order valence-corrected chi connectivity index (χ3v) is 3.21. The van der Waals surface area contributed by atoms with Crippen molar-refractivity contribution in [1.82, 2.24) is 0 Å². The molecule has 1 N–H and O–H groups in total. The lowest BCUT2D eigenvalue weighted by Crippen LogP contribution is -2.11. The van der Waals surface area contributed by atoms with Crippen LogP contribution in [0.3, 0.4) is 0 Å². The van der Waals surface area contributed by atoms with Gasteiger partial charge in [-0.3, -0.25) is 0 Å². The van der Waals surface area contributed by atoms with E-state index in [0.29, 0.717) is 0 Å². The van der Waals surface area contributed by atoms with Gasteiger partial charge in [0.25, 0.3) is 0 Å². The number of aliphatic hydroxyl groups is 1. The Morgan fingerprint density at radius 1 is 0.778 bits per heavy atom. The fourth-order valence-corrected chi connectivity index (χ4v) is 1.99. The zero-order valence-corrected chi connectivity index (χ0v) is 11.2. The molecule has 1 nitrogen and oxygen atoms in total. The molecule has 0 aliphatic carbocycles. The van der Waals surface area contributed by atoms with Crippen molar-refractivity contribution in [3.63, 3.8) is 0 Å². The molecule has 0 spiro atoms. The first-order chi connectivity index (χ1) is 8.48. The summed E-state index contributed by atoms with van der Waals surface area (Å²) in [5.74, 6) is 0. The second-order valence-corrected chi connectivity index (χ2v) is 5.69. The van der Waals surface area contributed by atoms with Crippen molar-refractivity contribution in [3.05, 3.63) is 71.3 Å². The van der Waals surface area contributed by atoms with Gasteiger partial charge < -0.3 is 5.11 Å². The van der Waals surface area contributed by atoms with E-state index in [-0.39, 0.29) is 5.41 Å². The van der Waals surface area contributed by atoms with Gasteiger partial charge in [-0.25, -0.2) is 0 Å². The molecule has 0 aliphatic heterocycles. The molecule has 0 aromatic heterocycles. The number of hydrogen-bond acceptors (Lipinski definition) is 1. The van der Waals surface area contributed by atoms with Crippen LogP contribution in [0.2, 0.25) is 0 Å². The van der Waals surface area contributed by atoms with Crippen molar-refractivity contribution in [2.75, 3.05) is 0 Å². The molecule has 18 heavy (non-hydrogen) atoms. The average Bonchev–Trinajstić information content (AvgIpc) is 2.38. The molecule has 1 heteroatoms. The maximum atomic E-state index is 10.3. The molecule has 0 saturated carbocycles. The minimum atomic E-state index is -0.541. The molecule has 2 aromatic rings. The standard InChI is InChI=1S/C17H20O/c1-17(2,3)15-11-9-14(10-12-15)16(18)13-7-5-4-6-8-13/h4-12,16,18H,1-3H3. The molecule has 0 saturated heterocycles. The molecule has 0 radical (unpaired) electrons. The van der Waals surface area contributed by atoms with Gasteiger partial charge in [0.2, 0.25) is 0 Å². The Balaban J connectivity index is 2.25. The van der Waals surface area contributed by atoms with Crippen LogP contribution in [0.25, 0.3) is 0 Å². The molecule has 0 bridgehead atoms. The molecular formula is C17H20O. The summed E-state index contributed by atoms with van der Waals surface area (Å²) in [6.07, 6.45) is -0.541. The Labute approximate surface area is 109 Å². The topological polar surface area (TPSA) is 20.2 Å². The summed E-state index contributed by atoms with van der Waals surface area (Å²) in [6.45, 7) is 6.57. The van der Waals surface area contributed by atoms with Gasteiger partial charge >= 0.3 is 0 Å². The molecule has 1 atom stereocenters. The normalized spacial score (nSPS) is 13.3. The number of hydrogen-bond donors (Lipinski definition) is 1. The Kier molecular flexibility index (Phi) is 3.53. The van der Waals surface area contributed by atoms with E-state index in [2.05, 4.69) is 32.9 Å². The summed E-state index contributed by atoms with van der Waals surface area (Å²) in [5.41, 5.74) is 3.30. The van der Waals surface area contributed by atoms with Crippen molar-refractivity contribution < 1.29 is 5.11 Å². The highest BCUT2D eigenvalue weighted by molar-refractivity contribution is 5.33. The Hall–Kier alpha value is -1.60. The lowest BCUT2D eigenvalue weighted by atomic mass is 9.86. The average molecular weight is 240 g/mol. The van der Waals surface area contributed by atoms with E-state index in [1.807, 2.05) is 42.5 Å². The molecule has 0 fully saturated rings. The zero-order chi connectivity index (χ0) is 13.2. The van der Waals surface area contributed by atoms with Crippen molar-refractivity contribution in [2.24, 2.45) is 0 Å². The Morgan fingerprint density at radius 2 is 1.28 bits per heavy atom. The van der Waals surface area contributed by atoms with Crippen LogP contribution in [-0.4, -0.2) is 5.11 Å². The van der Waals surface area contributed by atoms with Gasteiger partial charge in [0, 0.05) is 0 Å². The third-order valence-electron chi connectivity index (χ3n) is 3.21. The van der Waals surface area contributed by atoms with Crippen LogP contribution in [0.4, 0.5) is 0 Å². The summed E-state index contributed by atoms with van der Waals surface area (Å²) < 4.78 is 0. The third kappa shape index (κ3) is 2.80. The monoisotopic (exact) mass is 240 g/mol. The Bertz CT molecular complexity index is 491. The van der Waals surface area contributed by atoms with Crippen LogP contribution in [0.1, 0.15) is 43.6 Å². The first kappa shape index (κ1) is 12.8. The summed E-state index contributed by atoms with van der Waals surface area (Å²) >= 11 is 0. The van der Waals surface area contributed by atoms with Crippen molar-refractivity contribution in [1.29, 1.82) is 0 Å². The first-order valence-corrected chi connectivity index (χ1v) is 6.32. The SMILES string of the molecule is CC(C)(C)c1ccc(C(O)c2ccccc2)cc1. The van der Waals surface area contributed by atoms with Gasteiger partial charge in [-0.1, -0.05) is 75.4 Å². The van der Waals surface area contributed by atoms with Crippen molar-refractivity contribution in [2.45, 2.75) is 32.3 Å². The Morgan fingerprint density at radius 3 is 1.78 bits per heavy atom. The molecule has 94 valence electrons. The molecule has 0 aliphatic rings. The van der Waals surface area contributed by atoms with Gasteiger partial charge in [-0.15, -0.1) is 0 Å². The molecule has 2 aromatic carbocycles. The quantitative estimate of drug-likeness (QED) is 0.839. The van der Waals surface area contributed by atoms with Crippen LogP contribution in [0.15, 0.2) is 54.6 Å². The fraction of sp³-hybridized carbons (Fsp3) is 0.294. The largest absolute Gasteiger partial charge is 0.384 e. The summed E-state index contributed by atoms with van der Waals surface area (Å²) in [7, 11) is 0. The van der Waals surface area contributed by atoms with Crippen molar-refractivity contribution in [3.8, 4) is 0 Å². The highest BCUT2D eigenvalue weighted by atomic mass is 16.3. The number of rotatable bonds is 2. The van der Waals surface area contributed by atoms with E-state index >= 15 is 0 Å². The summed E-state index contributed by atoms with van der Waals surface area (Å²) in [6, 6.07) is 18.0. The number of benzene rings is 2. The lowest BCUT2D eigenvalue weighted by Gasteiger charge is -2.20. The van der Waals surface area contributed by atoms with Gasteiger partial charge in [0.05, 0.1) is 0 Å². The zero-order valence-electron chi connectivity index (χ0n) is 11.2. The maximum Gasteiger partial charge on any atom is 0.104 e. The minimum absolute atomic E-state index is 0.149. The lowest BCUT2D eigenvalue weighted by molar-refractivity contribution is 0.220. The van der Waals surface area contributed by atoms with E-state index in [1.165, 1.54) is 5.56 Å². The van der Waals surface area contributed by atoms with E-state index in [9.17, 15) is 5.11 Å². The number of aliphatic hydroxyl groups excluding tert-OH is 1. The maximum absolute atomic E-state index is 10.3. The first-order valence-electron chi connectivity index (χ1n) is 6.32. The summed E-state index contributed by atoms with van der Waals surface area (Å²) in [4.78, 5) is 0. The van der Waals surface area contributed by atoms with E-state index < -0.39 is 6.10 Å². The van der Waals surface area contributed by atoms with E-state index in [0.717, 1.165) is 11.1 Å².